The predicted octanol–water partition coefficient (Wildman–Crippen LogP) is 4.20. The molecular formula is C22H30N2O3. The van der Waals surface area contributed by atoms with Gasteiger partial charge in [0.05, 0.1) is 19.2 Å². The average Bonchev–Trinajstić information content (AvgIpc) is 3.17. The number of amides is 1. The summed E-state index contributed by atoms with van der Waals surface area (Å²) in [4.78, 5) is 17.0. The van der Waals surface area contributed by atoms with E-state index < -0.39 is 0 Å². The summed E-state index contributed by atoms with van der Waals surface area (Å²) in [5.41, 5.74) is 0.746. The third-order valence-electron chi connectivity index (χ3n) is 6.56. The maximum Gasteiger partial charge on any atom is 0.219 e. The van der Waals surface area contributed by atoms with E-state index in [0.717, 1.165) is 61.4 Å². The molecule has 0 radical (unpaired) electrons. The number of methoxy groups -OCH3 is 1. The molecule has 5 heteroatoms. The van der Waals surface area contributed by atoms with Crippen LogP contribution in [0.15, 0.2) is 28.7 Å². The largest absolute Gasteiger partial charge is 0.493 e. The lowest BCUT2D eigenvalue weighted by Crippen LogP contribution is -2.57. The van der Waals surface area contributed by atoms with Gasteiger partial charge in [0.1, 0.15) is 5.76 Å². The number of benzene rings is 1. The Labute approximate surface area is 161 Å². The molecule has 0 unspecified atom stereocenters. The lowest BCUT2D eigenvalue weighted by Gasteiger charge is -2.45. The number of rotatable bonds is 3. The molecule has 1 aromatic carbocycles. The summed E-state index contributed by atoms with van der Waals surface area (Å²) in [6, 6.07) is 8.50. The molecule has 0 bridgehead atoms. The number of furan rings is 1. The minimum absolute atomic E-state index is 0.0735. The van der Waals surface area contributed by atoms with Gasteiger partial charge in [-0.2, -0.15) is 0 Å². The molecule has 2 saturated heterocycles. The Morgan fingerprint density at radius 2 is 2.15 bits per heavy atom. The molecule has 4 rings (SSSR count). The number of para-hydroxylation sites is 1. The second-order valence-electron chi connectivity index (χ2n) is 8.20. The fourth-order valence-corrected chi connectivity index (χ4v) is 5.17. The first-order valence-corrected chi connectivity index (χ1v) is 10.1. The smallest absolute Gasteiger partial charge is 0.219 e. The van der Waals surface area contributed by atoms with Gasteiger partial charge >= 0.3 is 0 Å². The topological polar surface area (TPSA) is 45.9 Å². The number of nitrogens with zero attached hydrogens (tertiary/aromatic N) is 2. The van der Waals surface area contributed by atoms with Crippen LogP contribution in [0, 0.1) is 0 Å². The number of fused-ring (bicyclic) bond motifs is 2. The average molecular weight is 370 g/mol. The first-order chi connectivity index (χ1) is 13.0. The van der Waals surface area contributed by atoms with E-state index in [0.29, 0.717) is 6.04 Å². The molecule has 2 atom stereocenters. The van der Waals surface area contributed by atoms with Crippen molar-refractivity contribution in [1.82, 2.24) is 9.80 Å². The van der Waals surface area contributed by atoms with Crippen LogP contribution in [0.4, 0.5) is 0 Å². The fourth-order valence-electron chi connectivity index (χ4n) is 5.17. The van der Waals surface area contributed by atoms with Gasteiger partial charge in [-0.1, -0.05) is 25.0 Å². The van der Waals surface area contributed by atoms with Gasteiger partial charge in [0.15, 0.2) is 11.3 Å². The van der Waals surface area contributed by atoms with Gasteiger partial charge < -0.3 is 14.1 Å². The Bertz CT molecular complexity index is 830. The van der Waals surface area contributed by atoms with Crippen LogP contribution in [-0.2, 0) is 11.3 Å². The highest BCUT2D eigenvalue weighted by Crippen LogP contribution is 2.40. The van der Waals surface area contributed by atoms with Crippen molar-refractivity contribution < 1.29 is 13.9 Å². The zero-order valence-electron chi connectivity index (χ0n) is 16.7. The number of hydrogen-bond acceptors (Lipinski definition) is 4. The number of carbonyl (C=O) groups is 1. The summed E-state index contributed by atoms with van der Waals surface area (Å²) < 4.78 is 11.6. The molecule has 27 heavy (non-hydrogen) atoms. The van der Waals surface area contributed by atoms with E-state index in [1.165, 1.54) is 12.8 Å². The second-order valence-corrected chi connectivity index (χ2v) is 8.20. The van der Waals surface area contributed by atoms with Crippen LogP contribution in [-0.4, -0.2) is 47.5 Å². The monoisotopic (exact) mass is 370 g/mol. The maximum absolute atomic E-state index is 12.3. The van der Waals surface area contributed by atoms with E-state index >= 15 is 0 Å². The Hall–Kier alpha value is -2.01. The van der Waals surface area contributed by atoms with Crippen molar-refractivity contribution in [3.05, 3.63) is 30.0 Å². The van der Waals surface area contributed by atoms with Crippen LogP contribution in [0.3, 0.4) is 0 Å². The van der Waals surface area contributed by atoms with Gasteiger partial charge in [-0.05, 0) is 38.3 Å². The van der Waals surface area contributed by atoms with Gasteiger partial charge in [0, 0.05) is 31.4 Å². The normalized spacial score (nSPS) is 26.6. The predicted molar refractivity (Wildman–Crippen MR) is 106 cm³/mol. The standard InChI is InChI=1S/C22H30N2O3/c1-16(25)24-12-6-4-5-10-20-22(24,2)11-13-23(20)15-18-14-17-8-7-9-19(26-3)21(17)27-18/h7-9,14,20H,4-6,10-13,15H2,1-3H3/t20-,22-/m0/s1. The fraction of sp³-hybridized carbons (Fsp3) is 0.591. The Balaban J connectivity index is 1.60. The summed E-state index contributed by atoms with van der Waals surface area (Å²) in [5.74, 6) is 1.95. The highest BCUT2D eigenvalue weighted by molar-refractivity contribution is 5.83. The van der Waals surface area contributed by atoms with Gasteiger partial charge in [0.25, 0.3) is 0 Å². The minimum Gasteiger partial charge on any atom is -0.493 e. The van der Waals surface area contributed by atoms with E-state index in [1.54, 1.807) is 14.0 Å². The number of carbonyl (C=O) groups excluding carboxylic acids is 1. The summed E-state index contributed by atoms with van der Waals surface area (Å²) in [6.07, 6.45) is 5.72. The van der Waals surface area contributed by atoms with E-state index in [4.69, 9.17) is 9.15 Å². The molecule has 0 aliphatic carbocycles. The molecule has 5 nitrogen and oxygen atoms in total. The van der Waals surface area contributed by atoms with Crippen LogP contribution >= 0.6 is 0 Å². The summed E-state index contributed by atoms with van der Waals surface area (Å²) >= 11 is 0. The molecule has 2 aliphatic rings. The molecule has 2 aliphatic heterocycles. The molecule has 2 fully saturated rings. The van der Waals surface area contributed by atoms with Crippen molar-refractivity contribution in [2.75, 3.05) is 20.2 Å². The van der Waals surface area contributed by atoms with Crippen molar-refractivity contribution in [2.45, 2.75) is 64.1 Å². The van der Waals surface area contributed by atoms with Crippen molar-refractivity contribution in [1.29, 1.82) is 0 Å². The molecule has 146 valence electrons. The van der Waals surface area contributed by atoms with Crippen LogP contribution in [0.2, 0.25) is 0 Å². The highest BCUT2D eigenvalue weighted by atomic mass is 16.5. The molecule has 1 aromatic heterocycles. The third-order valence-corrected chi connectivity index (χ3v) is 6.56. The van der Waals surface area contributed by atoms with Gasteiger partial charge in [0.2, 0.25) is 5.91 Å². The molecule has 1 amide bonds. The molecule has 0 N–H and O–H groups in total. The van der Waals surface area contributed by atoms with Crippen molar-refractivity contribution in [3.8, 4) is 5.75 Å². The van der Waals surface area contributed by atoms with E-state index in [1.807, 2.05) is 12.1 Å². The molecule has 0 saturated carbocycles. The molecule has 0 spiro atoms. The van der Waals surface area contributed by atoms with Crippen molar-refractivity contribution >= 4 is 16.9 Å². The maximum atomic E-state index is 12.3. The second kappa shape index (κ2) is 7.19. The van der Waals surface area contributed by atoms with Crippen molar-refractivity contribution in [2.24, 2.45) is 0 Å². The van der Waals surface area contributed by atoms with Crippen molar-refractivity contribution in [3.63, 3.8) is 0 Å². The van der Waals surface area contributed by atoms with Gasteiger partial charge in [-0.15, -0.1) is 0 Å². The molecule has 3 heterocycles. The zero-order chi connectivity index (χ0) is 19.0. The first-order valence-electron chi connectivity index (χ1n) is 10.1. The van der Waals surface area contributed by atoms with E-state index in [9.17, 15) is 4.79 Å². The lowest BCUT2D eigenvalue weighted by atomic mass is 9.85. The lowest BCUT2D eigenvalue weighted by molar-refractivity contribution is -0.136. The van der Waals surface area contributed by atoms with Crippen LogP contribution < -0.4 is 4.74 Å². The summed E-state index contributed by atoms with van der Waals surface area (Å²) in [7, 11) is 1.67. The van der Waals surface area contributed by atoms with E-state index in [-0.39, 0.29) is 11.4 Å². The first kappa shape index (κ1) is 18.4. The van der Waals surface area contributed by atoms with Gasteiger partial charge in [-0.3, -0.25) is 9.69 Å². The van der Waals surface area contributed by atoms with Crippen LogP contribution in [0.25, 0.3) is 11.0 Å². The minimum atomic E-state index is -0.0735. The highest BCUT2D eigenvalue weighted by Gasteiger charge is 2.48. The number of hydrogen-bond donors (Lipinski definition) is 0. The SMILES string of the molecule is COc1cccc2cc(CN3CC[C@@]4(C)[C@@H]3CCCCCN4C(C)=O)oc12. The van der Waals surface area contributed by atoms with Crippen LogP contribution in [0.1, 0.15) is 51.7 Å². The number of likely N-dealkylation sites (tertiary alicyclic amines) is 2. The molecular weight excluding hydrogens is 340 g/mol. The summed E-state index contributed by atoms with van der Waals surface area (Å²) in [5, 5.41) is 1.08. The van der Waals surface area contributed by atoms with Crippen LogP contribution in [0.5, 0.6) is 5.75 Å². The zero-order valence-corrected chi connectivity index (χ0v) is 16.7. The Kier molecular flexibility index (Phi) is 4.89. The molecule has 2 aromatic rings. The Morgan fingerprint density at radius 3 is 2.93 bits per heavy atom. The van der Waals surface area contributed by atoms with Gasteiger partial charge in [-0.25, -0.2) is 0 Å². The van der Waals surface area contributed by atoms with E-state index in [2.05, 4.69) is 28.9 Å². The number of ether oxygens (including phenoxy) is 1. The summed E-state index contributed by atoms with van der Waals surface area (Å²) in [6.45, 7) is 6.67. The Morgan fingerprint density at radius 1 is 1.30 bits per heavy atom. The third kappa shape index (κ3) is 3.22. The quantitative estimate of drug-likeness (QED) is 0.812.